The maximum atomic E-state index is 13.2. The summed E-state index contributed by atoms with van der Waals surface area (Å²) < 4.78 is 13.7. The Hall–Kier alpha value is -1.26. The third-order valence-electron chi connectivity index (χ3n) is 3.02. The lowest BCUT2D eigenvalue weighted by molar-refractivity contribution is 0.465. The summed E-state index contributed by atoms with van der Waals surface area (Å²) in [6, 6.07) is 7.82. The summed E-state index contributed by atoms with van der Waals surface area (Å²) in [5.74, 6) is -0.191. The number of anilines is 1. The Morgan fingerprint density at radius 2 is 2.00 bits per heavy atom. The normalized spacial score (nSPS) is 12.2. The number of phenols is 1. The molecule has 0 aliphatic rings. The maximum absolute atomic E-state index is 13.2. The van der Waals surface area contributed by atoms with Gasteiger partial charge in [0.15, 0.2) is 0 Å². The number of phenolic OH excluding ortho intramolecular Hbond substituents is 1. The molecule has 2 nitrogen and oxygen atoms in total. The minimum absolute atomic E-state index is 0.172. The van der Waals surface area contributed by atoms with E-state index >= 15 is 0 Å². The first-order valence-corrected chi connectivity index (χ1v) is 7.26. The Morgan fingerprint density at radius 1 is 1.30 bits per heavy atom. The molecule has 1 atom stereocenters. The van der Waals surface area contributed by atoms with Crippen LogP contribution in [-0.2, 0) is 0 Å². The molecular formula is C15H14BrClFNO. The summed E-state index contributed by atoms with van der Waals surface area (Å²) in [4.78, 5) is 0. The third-order valence-corrected chi connectivity index (χ3v) is 3.94. The molecule has 0 amide bonds. The van der Waals surface area contributed by atoms with Gasteiger partial charge in [-0.3, -0.25) is 0 Å². The van der Waals surface area contributed by atoms with Gasteiger partial charge < -0.3 is 10.4 Å². The number of hydrogen-bond acceptors (Lipinski definition) is 2. The van der Waals surface area contributed by atoms with Crippen LogP contribution in [0.25, 0.3) is 0 Å². The fourth-order valence-corrected chi connectivity index (χ4v) is 2.92. The van der Waals surface area contributed by atoms with Crippen molar-refractivity contribution in [1.29, 1.82) is 0 Å². The van der Waals surface area contributed by atoms with Crippen LogP contribution in [0.15, 0.2) is 34.8 Å². The quantitative estimate of drug-likeness (QED) is 0.767. The lowest BCUT2D eigenvalue weighted by Gasteiger charge is -2.19. The average Bonchev–Trinajstić information content (AvgIpc) is 2.36. The van der Waals surface area contributed by atoms with Crippen LogP contribution >= 0.6 is 27.5 Å². The van der Waals surface area contributed by atoms with Crippen molar-refractivity contribution in [2.24, 2.45) is 0 Å². The number of hydrogen-bond donors (Lipinski definition) is 2. The highest BCUT2D eigenvalue weighted by atomic mass is 79.9. The minimum atomic E-state index is -0.404. The van der Waals surface area contributed by atoms with E-state index in [2.05, 4.69) is 21.2 Å². The van der Waals surface area contributed by atoms with Crippen LogP contribution in [0.4, 0.5) is 10.1 Å². The average molecular weight is 359 g/mol. The molecule has 0 bridgehead atoms. The molecular weight excluding hydrogens is 345 g/mol. The highest BCUT2D eigenvalue weighted by Gasteiger charge is 2.15. The molecule has 0 aromatic heterocycles. The fourth-order valence-electron chi connectivity index (χ4n) is 2.00. The molecule has 0 aliphatic carbocycles. The van der Waals surface area contributed by atoms with E-state index in [9.17, 15) is 9.50 Å². The highest BCUT2D eigenvalue weighted by Crippen LogP contribution is 2.36. The van der Waals surface area contributed by atoms with Crippen LogP contribution < -0.4 is 5.32 Å². The maximum Gasteiger partial charge on any atom is 0.125 e. The van der Waals surface area contributed by atoms with Gasteiger partial charge in [0, 0.05) is 10.0 Å². The van der Waals surface area contributed by atoms with E-state index in [1.54, 1.807) is 6.07 Å². The Balaban J connectivity index is 2.32. The third kappa shape index (κ3) is 3.25. The van der Waals surface area contributed by atoms with Crippen molar-refractivity contribution in [3.8, 4) is 5.75 Å². The monoisotopic (exact) mass is 357 g/mol. The zero-order chi connectivity index (χ0) is 14.9. The van der Waals surface area contributed by atoms with Crippen molar-refractivity contribution in [3.05, 3.63) is 56.8 Å². The Bertz CT molecular complexity index is 625. The smallest absolute Gasteiger partial charge is 0.125 e. The summed E-state index contributed by atoms with van der Waals surface area (Å²) in [5.41, 5.74) is 2.41. The van der Waals surface area contributed by atoms with Crippen molar-refractivity contribution in [1.82, 2.24) is 0 Å². The van der Waals surface area contributed by atoms with E-state index in [0.29, 0.717) is 10.2 Å². The van der Waals surface area contributed by atoms with Gasteiger partial charge in [0.2, 0.25) is 0 Å². The van der Waals surface area contributed by atoms with Crippen LogP contribution in [-0.4, -0.2) is 5.11 Å². The first-order chi connectivity index (χ1) is 9.38. The van der Waals surface area contributed by atoms with Crippen LogP contribution in [0.1, 0.15) is 24.1 Å². The fraction of sp³-hybridized carbons (Fsp3) is 0.200. The molecule has 0 saturated heterocycles. The van der Waals surface area contributed by atoms with Crippen LogP contribution in [0.3, 0.4) is 0 Å². The van der Waals surface area contributed by atoms with E-state index in [-0.39, 0.29) is 16.8 Å². The molecule has 0 saturated carbocycles. The number of nitrogens with one attached hydrogen (secondary N) is 1. The molecule has 2 aromatic carbocycles. The summed E-state index contributed by atoms with van der Waals surface area (Å²) >= 11 is 9.32. The highest BCUT2D eigenvalue weighted by molar-refractivity contribution is 9.10. The van der Waals surface area contributed by atoms with Gasteiger partial charge in [0.1, 0.15) is 11.6 Å². The second-order valence-corrected chi connectivity index (χ2v) is 5.93. The lowest BCUT2D eigenvalue weighted by atomic mass is 10.0. The Kier molecular flexibility index (Phi) is 4.55. The van der Waals surface area contributed by atoms with Gasteiger partial charge in [-0.2, -0.15) is 0 Å². The molecule has 20 heavy (non-hydrogen) atoms. The van der Waals surface area contributed by atoms with E-state index in [0.717, 1.165) is 11.1 Å². The molecule has 5 heteroatoms. The van der Waals surface area contributed by atoms with Crippen LogP contribution in [0.2, 0.25) is 5.02 Å². The minimum Gasteiger partial charge on any atom is -0.508 e. The number of halogens is 3. The molecule has 0 radical (unpaired) electrons. The van der Waals surface area contributed by atoms with E-state index in [1.807, 2.05) is 26.0 Å². The zero-order valence-corrected chi connectivity index (χ0v) is 13.4. The molecule has 0 heterocycles. The predicted octanol–water partition coefficient (Wildman–Crippen LogP) is 5.43. The number of benzene rings is 2. The van der Waals surface area contributed by atoms with E-state index in [1.165, 1.54) is 12.1 Å². The second-order valence-electron chi connectivity index (χ2n) is 4.67. The molecule has 2 N–H and O–H groups in total. The first kappa shape index (κ1) is 15.1. The molecule has 0 spiro atoms. The molecule has 1 unspecified atom stereocenters. The van der Waals surface area contributed by atoms with Gasteiger partial charge in [-0.05, 0) is 48.0 Å². The molecule has 2 rings (SSSR count). The Labute approximate surface area is 130 Å². The van der Waals surface area contributed by atoms with Gasteiger partial charge >= 0.3 is 0 Å². The molecule has 0 aliphatic heterocycles. The summed E-state index contributed by atoms with van der Waals surface area (Å²) in [6.45, 7) is 3.86. The molecule has 2 aromatic rings. The van der Waals surface area contributed by atoms with Crippen LogP contribution in [0, 0.1) is 12.7 Å². The van der Waals surface area contributed by atoms with Crippen molar-refractivity contribution < 1.29 is 9.50 Å². The first-order valence-electron chi connectivity index (χ1n) is 6.09. The lowest BCUT2D eigenvalue weighted by Crippen LogP contribution is -2.08. The van der Waals surface area contributed by atoms with Crippen molar-refractivity contribution >= 4 is 33.2 Å². The summed E-state index contributed by atoms with van der Waals surface area (Å²) in [5, 5.41) is 13.4. The second kappa shape index (κ2) is 6.02. The van der Waals surface area contributed by atoms with Gasteiger partial charge in [0.05, 0.1) is 16.8 Å². The number of aryl methyl sites for hydroxylation is 1. The Morgan fingerprint density at radius 3 is 2.65 bits per heavy atom. The van der Waals surface area contributed by atoms with Crippen LogP contribution in [0.5, 0.6) is 5.75 Å². The zero-order valence-electron chi connectivity index (χ0n) is 11.0. The van der Waals surface area contributed by atoms with Gasteiger partial charge in [-0.1, -0.05) is 29.3 Å². The standard InChI is InChI=1S/C15H14BrClFNO/c1-8-3-4-14(20)11(5-8)9(2)19-15-12(16)6-10(18)7-13(15)17/h3-7,9,19-20H,1-2H3. The van der Waals surface area contributed by atoms with Gasteiger partial charge in [0.25, 0.3) is 0 Å². The number of rotatable bonds is 3. The summed E-state index contributed by atoms with van der Waals surface area (Å²) in [6.07, 6.45) is 0. The summed E-state index contributed by atoms with van der Waals surface area (Å²) in [7, 11) is 0. The van der Waals surface area contributed by atoms with Crippen molar-refractivity contribution in [2.45, 2.75) is 19.9 Å². The van der Waals surface area contributed by atoms with Gasteiger partial charge in [-0.15, -0.1) is 0 Å². The van der Waals surface area contributed by atoms with Crippen molar-refractivity contribution in [3.63, 3.8) is 0 Å². The SMILES string of the molecule is Cc1ccc(O)c(C(C)Nc2c(Cl)cc(F)cc2Br)c1. The number of aromatic hydroxyl groups is 1. The largest absolute Gasteiger partial charge is 0.508 e. The van der Waals surface area contributed by atoms with E-state index < -0.39 is 5.82 Å². The molecule has 106 valence electrons. The van der Waals surface area contributed by atoms with Gasteiger partial charge in [-0.25, -0.2) is 4.39 Å². The molecule has 0 fully saturated rings. The topological polar surface area (TPSA) is 32.3 Å². The van der Waals surface area contributed by atoms with Crippen molar-refractivity contribution in [2.75, 3.05) is 5.32 Å². The predicted molar refractivity (Wildman–Crippen MR) is 84.0 cm³/mol. The van der Waals surface area contributed by atoms with E-state index in [4.69, 9.17) is 11.6 Å².